The van der Waals surface area contributed by atoms with Gasteiger partial charge in [-0.3, -0.25) is 9.59 Å². The Morgan fingerprint density at radius 1 is 1.55 bits per heavy atom. The molecule has 0 saturated heterocycles. The van der Waals surface area contributed by atoms with Crippen molar-refractivity contribution < 1.29 is 19.4 Å². The molecule has 1 aliphatic rings. The molecular formula is C14H18N2O4. The normalized spacial score (nSPS) is 17.6. The largest absolute Gasteiger partial charge is 0.491 e. The van der Waals surface area contributed by atoms with E-state index in [0.29, 0.717) is 23.6 Å². The molecule has 1 aliphatic heterocycles. The number of aliphatic hydroxyl groups excluding tert-OH is 1. The van der Waals surface area contributed by atoms with E-state index in [1.807, 2.05) is 0 Å². The van der Waals surface area contributed by atoms with Gasteiger partial charge in [0.05, 0.1) is 24.8 Å². The molecule has 6 nitrogen and oxygen atoms in total. The second kappa shape index (κ2) is 5.92. The van der Waals surface area contributed by atoms with Gasteiger partial charge in [0, 0.05) is 19.2 Å². The van der Waals surface area contributed by atoms with Gasteiger partial charge in [0.15, 0.2) is 0 Å². The highest BCUT2D eigenvalue weighted by atomic mass is 16.5. The van der Waals surface area contributed by atoms with Gasteiger partial charge in [-0.1, -0.05) is 6.92 Å². The van der Waals surface area contributed by atoms with Gasteiger partial charge in [0.1, 0.15) is 5.75 Å². The summed E-state index contributed by atoms with van der Waals surface area (Å²) in [5.74, 6) is -0.0202. The number of aliphatic hydroxyl groups is 1. The molecule has 0 fully saturated rings. The highest BCUT2D eigenvalue weighted by molar-refractivity contribution is 5.99. The number of nitrogens with one attached hydrogen (secondary N) is 1. The van der Waals surface area contributed by atoms with Crippen molar-refractivity contribution in [3.8, 4) is 5.75 Å². The number of benzene rings is 1. The van der Waals surface area contributed by atoms with E-state index in [0.717, 1.165) is 0 Å². The summed E-state index contributed by atoms with van der Waals surface area (Å²) in [6.07, 6.45) is 0. The number of likely N-dealkylation sites (N-methyl/N-ethyl adjacent to an activating group) is 1. The molecule has 1 atom stereocenters. The standard InChI is InChI=1S/C14H18N2O4/c1-9-8-20-12-4-3-10(7-11(12)15-13(9)18)14(19)16(2)5-6-17/h3-4,7,9,17H,5-6,8H2,1-2H3,(H,15,18). The Labute approximate surface area is 117 Å². The molecule has 0 aromatic heterocycles. The number of amides is 2. The van der Waals surface area contributed by atoms with E-state index in [1.54, 1.807) is 32.2 Å². The van der Waals surface area contributed by atoms with Crippen molar-refractivity contribution >= 4 is 17.5 Å². The minimum absolute atomic E-state index is 0.0927. The minimum Gasteiger partial charge on any atom is -0.491 e. The zero-order chi connectivity index (χ0) is 14.7. The van der Waals surface area contributed by atoms with Crippen LogP contribution in [0.4, 0.5) is 5.69 Å². The third-order valence-electron chi connectivity index (χ3n) is 3.20. The predicted octanol–water partition coefficient (Wildman–Crippen LogP) is 0.718. The fourth-order valence-electron chi connectivity index (χ4n) is 1.90. The van der Waals surface area contributed by atoms with E-state index in [4.69, 9.17) is 9.84 Å². The Kier molecular flexibility index (Phi) is 4.24. The van der Waals surface area contributed by atoms with Crippen LogP contribution in [0.3, 0.4) is 0 Å². The number of fused-ring (bicyclic) bond motifs is 1. The molecule has 2 rings (SSSR count). The van der Waals surface area contributed by atoms with E-state index in [9.17, 15) is 9.59 Å². The summed E-state index contributed by atoms with van der Waals surface area (Å²) in [5, 5.41) is 11.6. The Bertz CT molecular complexity index is 530. The molecule has 0 aliphatic carbocycles. The fourth-order valence-corrected chi connectivity index (χ4v) is 1.90. The average Bonchev–Trinajstić information content (AvgIpc) is 2.57. The number of rotatable bonds is 3. The first-order valence-corrected chi connectivity index (χ1v) is 6.47. The van der Waals surface area contributed by atoms with Crippen LogP contribution in [0.1, 0.15) is 17.3 Å². The maximum atomic E-state index is 12.1. The molecule has 20 heavy (non-hydrogen) atoms. The summed E-state index contributed by atoms with van der Waals surface area (Å²) in [7, 11) is 1.61. The molecule has 6 heteroatoms. The van der Waals surface area contributed by atoms with E-state index in [2.05, 4.69) is 5.32 Å². The first-order chi connectivity index (χ1) is 9.52. The van der Waals surface area contributed by atoms with Crippen LogP contribution >= 0.6 is 0 Å². The first-order valence-electron chi connectivity index (χ1n) is 6.47. The van der Waals surface area contributed by atoms with Crippen LogP contribution in [0.15, 0.2) is 18.2 Å². The SMILES string of the molecule is CC1COc2ccc(C(=O)N(C)CCO)cc2NC1=O. The first kappa shape index (κ1) is 14.3. The third kappa shape index (κ3) is 2.91. The molecule has 0 spiro atoms. The Morgan fingerprint density at radius 3 is 3.00 bits per heavy atom. The van der Waals surface area contributed by atoms with E-state index < -0.39 is 0 Å². The lowest BCUT2D eigenvalue weighted by Crippen LogP contribution is -2.29. The van der Waals surface area contributed by atoms with E-state index >= 15 is 0 Å². The Balaban J connectivity index is 2.25. The number of carbonyl (C=O) groups excluding carboxylic acids is 2. The van der Waals surface area contributed by atoms with Crippen molar-refractivity contribution in [2.75, 3.05) is 32.1 Å². The van der Waals surface area contributed by atoms with Crippen molar-refractivity contribution in [1.82, 2.24) is 4.90 Å². The molecule has 0 saturated carbocycles. The highest BCUT2D eigenvalue weighted by Gasteiger charge is 2.22. The predicted molar refractivity (Wildman–Crippen MR) is 73.8 cm³/mol. The van der Waals surface area contributed by atoms with Gasteiger partial charge in [0.25, 0.3) is 5.91 Å². The minimum atomic E-state index is -0.237. The summed E-state index contributed by atoms with van der Waals surface area (Å²) in [5.41, 5.74) is 0.945. The molecule has 0 radical (unpaired) electrons. The summed E-state index contributed by atoms with van der Waals surface area (Å²) < 4.78 is 5.53. The molecule has 2 N–H and O–H groups in total. The van der Waals surface area contributed by atoms with Gasteiger partial charge < -0.3 is 20.1 Å². The van der Waals surface area contributed by atoms with Crippen molar-refractivity contribution in [2.24, 2.45) is 5.92 Å². The fraction of sp³-hybridized carbons (Fsp3) is 0.429. The van der Waals surface area contributed by atoms with Crippen molar-refractivity contribution in [3.05, 3.63) is 23.8 Å². The smallest absolute Gasteiger partial charge is 0.253 e. The summed E-state index contributed by atoms with van der Waals surface area (Å²) in [4.78, 5) is 25.3. The molecule has 1 unspecified atom stereocenters. The lowest BCUT2D eigenvalue weighted by Gasteiger charge is -2.16. The maximum Gasteiger partial charge on any atom is 0.253 e. The molecule has 1 heterocycles. The van der Waals surface area contributed by atoms with Crippen molar-refractivity contribution in [1.29, 1.82) is 0 Å². The topological polar surface area (TPSA) is 78.9 Å². The third-order valence-corrected chi connectivity index (χ3v) is 3.20. The number of anilines is 1. The van der Waals surface area contributed by atoms with E-state index in [1.165, 1.54) is 4.90 Å². The zero-order valence-corrected chi connectivity index (χ0v) is 11.5. The summed E-state index contributed by atoms with van der Waals surface area (Å²) in [6, 6.07) is 4.92. The van der Waals surface area contributed by atoms with Crippen LogP contribution in [-0.4, -0.2) is 48.6 Å². The monoisotopic (exact) mass is 278 g/mol. The Hall–Kier alpha value is -2.08. The highest BCUT2D eigenvalue weighted by Crippen LogP contribution is 2.29. The van der Waals surface area contributed by atoms with Gasteiger partial charge in [0.2, 0.25) is 5.91 Å². The van der Waals surface area contributed by atoms with Gasteiger partial charge in [-0.2, -0.15) is 0 Å². The zero-order valence-electron chi connectivity index (χ0n) is 11.5. The second-order valence-corrected chi connectivity index (χ2v) is 4.86. The van der Waals surface area contributed by atoms with Crippen LogP contribution in [0, 0.1) is 5.92 Å². The van der Waals surface area contributed by atoms with Crippen LogP contribution in [-0.2, 0) is 4.79 Å². The van der Waals surface area contributed by atoms with Crippen LogP contribution in [0.25, 0.3) is 0 Å². The van der Waals surface area contributed by atoms with Gasteiger partial charge in [-0.05, 0) is 18.2 Å². The molecule has 1 aromatic carbocycles. The van der Waals surface area contributed by atoms with Crippen LogP contribution in [0.2, 0.25) is 0 Å². The lowest BCUT2D eigenvalue weighted by atomic mass is 10.1. The summed E-state index contributed by atoms with van der Waals surface area (Å²) >= 11 is 0. The van der Waals surface area contributed by atoms with Crippen molar-refractivity contribution in [3.63, 3.8) is 0 Å². The van der Waals surface area contributed by atoms with Gasteiger partial charge in [-0.25, -0.2) is 0 Å². The maximum absolute atomic E-state index is 12.1. The van der Waals surface area contributed by atoms with Gasteiger partial charge >= 0.3 is 0 Å². The second-order valence-electron chi connectivity index (χ2n) is 4.86. The Morgan fingerprint density at radius 2 is 2.30 bits per heavy atom. The van der Waals surface area contributed by atoms with Crippen molar-refractivity contribution in [2.45, 2.75) is 6.92 Å². The number of ether oxygens (including phenoxy) is 1. The van der Waals surface area contributed by atoms with Gasteiger partial charge in [-0.15, -0.1) is 0 Å². The van der Waals surface area contributed by atoms with Crippen LogP contribution < -0.4 is 10.1 Å². The lowest BCUT2D eigenvalue weighted by molar-refractivity contribution is -0.119. The van der Waals surface area contributed by atoms with Crippen LogP contribution in [0.5, 0.6) is 5.75 Å². The molecule has 0 bridgehead atoms. The summed E-state index contributed by atoms with van der Waals surface area (Å²) in [6.45, 7) is 2.26. The number of hydrogen-bond acceptors (Lipinski definition) is 4. The van der Waals surface area contributed by atoms with E-state index in [-0.39, 0.29) is 30.9 Å². The molecular weight excluding hydrogens is 260 g/mol. The number of carbonyl (C=O) groups is 2. The quantitative estimate of drug-likeness (QED) is 0.854. The number of hydrogen-bond donors (Lipinski definition) is 2. The molecule has 108 valence electrons. The molecule has 1 aromatic rings. The average molecular weight is 278 g/mol. The molecule has 2 amide bonds. The number of nitrogens with zero attached hydrogens (tertiary/aromatic N) is 1.